The molecule has 1 fully saturated rings. The summed E-state index contributed by atoms with van der Waals surface area (Å²) in [7, 11) is 1.60. The van der Waals surface area contributed by atoms with Gasteiger partial charge in [-0.2, -0.15) is 20.1 Å². The first-order valence-electron chi connectivity index (χ1n) is 10.1. The van der Waals surface area contributed by atoms with Gasteiger partial charge in [0.2, 0.25) is 17.8 Å². The molecule has 0 bridgehead atoms. The Hall–Kier alpha value is -4.32. The number of anilines is 4. The number of nitrogens with zero attached hydrogens (tertiary/aromatic N) is 6. The normalized spacial score (nSPS) is 13.7. The number of nitro groups is 1. The molecule has 0 amide bonds. The van der Waals surface area contributed by atoms with Crippen LogP contribution in [-0.2, 0) is 4.74 Å². The van der Waals surface area contributed by atoms with Gasteiger partial charge in [0.25, 0.3) is 5.69 Å². The molecule has 0 radical (unpaired) electrons. The van der Waals surface area contributed by atoms with E-state index >= 15 is 0 Å². The number of morpholine rings is 1. The first kappa shape index (κ1) is 21.9. The summed E-state index contributed by atoms with van der Waals surface area (Å²) < 4.78 is 10.6. The van der Waals surface area contributed by atoms with E-state index in [9.17, 15) is 10.1 Å². The van der Waals surface area contributed by atoms with Crippen LogP contribution in [0.3, 0.4) is 0 Å². The first-order chi connectivity index (χ1) is 16.1. The Kier molecular flexibility index (Phi) is 6.85. The van der Waals surface area contributed by atoms with Crippen LogP contribution in [0.4, 0.5) is 29.2 Å². The molecule has 3 aromatic rings. The zero-order valence-electron chi connectivity index (χ0n) is 17.8. The number of benzene rings is 2. The van der Waals surface area contributed by atoms with E-state index in [0.29, 0.717) is 37.9 Å². The van der Waals surface area contributed by atoms with Crippen molar-refractivity contribution in [2.75, 3.05) is 49.1 Å². The predicted octanol–water partition coefficient (Wildman–Crippen LogP) is 2.81. The van der Waals surface area contributed by atoms with Gasteiger partial charge in [0, 0.05) is 30.9 Å². The summed E-state index contributed by atoms with van der Waals surface area (Å²) >= 11 is 0. The zero-order chi connectivity index (χ0) is 23.0. The van der Waals surface area contributed by atoms with Crippen molar-refractivity contribution in [1.29, 1.82) is 0 Å². The molecule has 1 saturated heterocycles. The maximum atomic E-state index is 10.9. The summed E-state index contributed by atoms with van der Waals surface area (Å²) in [5.74, 6) is 1.72. The molecule has 2 heterocycles. The van der Waals surface area contributed by atoms with Crippen LogP contribution in [0.25, 0.3) is 0 Å². The van der Waals surface area contributed by atoms with E-state index in [2.05, 4.69) is 30.8 Å². The Morgan fingerprint density at radius 2 is 1.88 bits per heavy atom. The maximum Gasteiger partial charge on any atom is 0.269 e. The van der Waals surface area contributed by atoms with Crippen molar-refractivity contribution in [3.05, 3.63) is 64.2 Å². The van der Waals surface area contributed by atoms with E-state index < -0.39 is 4.92 Å². The Morgan fingerprint density at radius 1 is 1.12 bits per heavy atom. The van der Waals surface area contributed by atoms with Gasteiger partial charge in [0.05, 0.1) is 31.5 Å². The van der Waals surface area contributed by atoms with Crippen LogP contribution in [0.1, 0.15) is 5.56 Å². The van der Waals surface area contributed by atoms with Crippen LogP contribution >= 0.6 is 0 Å². The number of hydrogen-bond donors (Lipinski definition) is 2. The molecule has 0 spiro atoms. The minimum atomic E-state index is -0.453. The number of hydrazone groups is 1. The van der Waals surface area contributed by atoms with Crippen LogP contribution in [-0.4, -0.2) is 59.5 Å². The van der Waals surface area contributed by atoms with E-state index in [1.807, 2.05) is 29.2 Å². The summed E-state index contributed by atoms with van der Waals surface area (Å²) in [4.78, 5) is 25.8. The van der Waals surface area contributed by atoms with Gasteiger partial charge in [-0.05, 0) is 29.8 Å². The zero-order valence-corrected chi connectivity index (χ0v) is 17.8. The van der Waals surface area contributed by atoms with Crippen LogP contribution in [0, 0.1) is 10.1 Å². The molecular formula is C21H22N8O4. The van der Waals surface area contributed by atoms with E-state index in [0.717, 1.165) is 11.3 Å². The third-order valence-corrected chi connectivity index (χ3v) is 4.72. The molecule has 0 unspecified atom stereocenters. The fourth-order valence-corrected chi connectivity index (χ4v) is 3.06. The van der Waals surface area contributed by atoms with Crippen molar-refractivity contribution in [2.45, 2.75) is 0 Å². The van der Waals surface area contributed by atoms with Crippen LogP contribution in [0.15, 0.2) is 53.6 Å². The lowest BCUT2D eigenvalue weighted by Crippen LogP contribution is -2.37. The second kappa shape index (κ2) is 10.3. The van der Waals surface area contributed by atoms with Gasteiger partial charge in [-0.25, -0.2) is 5.43 Å². The number of methoxy groups -OCH3 is 1. The number of nitro benzene ring substituents is 1. The quantitative estimate of drug-likeness (QED) is 0.299. The summed E-state index contributed by atoms with van der Waals surface area (Å²) in [6.07, 6.45) is 1.63. The van der Waals surface area contributed by atoms with Crippen molar-refractivity contribution in [2.24, 2.45) is 5.10 Å². The van der Waals surface area contributed by atoms with Crippen molar-refractivity contribution in [3.8, 4) is 5.75 Å². The molecule has 0 atom stereocenters. The van der Waals surface area contributed by atoms with E-state index in [1.54, 1.807) is 25.5 Å². The molecule has 2 N–H and O–H groups in total. The highest BCUT2D eigenvalue weighted by Gasteiger charge is 2.17. The lowest BCUT2D eigenvalue weighted by Gasteiger charge is -2.27. The molecule has 1 aliphatic rings. The predicted molar refractivity (Wildman–Crippen MR) is 123 cm³/mol. The van der Waals surface area contributed by atoms with Crippen LogP contribution < -0.4 is 20.4 Å². The SMILES string of the molecule is COc1cccc(/C=N\Nc2nc(Nc3ccc([N+](=O)[O-])cc3)nc(N3CCOCC3)n2)c1. The summed E-state index contributed by atoms with van der Waals surface area (Å²) in [6.45, 7) is 2.45. The third-order valence-electron chi connectivity index (χ3n) is 4.72. The Balaban J connectivity index is 1.55. The Morgan fingerprint density at radius 3 is 2.61 bits per heavy atom. The molecule has 2 aromatic carbocycles. The Labute approximate surface area is 189 Å². The van der Waals surface area contributed by atoms with Crippen molar-refractivity contribution < 1.29 is 14.4 Å². The van der Waals surface area contributed by atoms with E-state index in [1.165, 1.54) is 12.1 Å². The molecule has 0 aliphatic carbocycles. The number of rotatable bonds is 8. The monoisotopic (exact) mass is 450 g/mol. The van der Waals surface area contributed by atoms with Gasteiger partial charge < -0.3 is 19.7 Å². The third kappa shape index (κ3) is 5.89. The lowest BCUT2D eigenvalue weighted by molar-refractivity contribution is -0.384. The minimum absolute atomic E-state index is 0.000521. The fourth-order valence-electron chi connectivity index (χ4n) is 3.06. The Bertz CT molecular complexity index is 1130. The molecule has 12 nitrogen and oxygen atoms in total. The molecule has 170 valence electrons. The van der Waals surface area contributed by atoms with Crippen molar-refractivity contribution >= 4 is 35.4 Å². The summed E-state index contributed by atoms with van der Waals surface area (Å²) in [5.41, 5.74) is 4.28. The van der Waals surface area contributed by atoms with Crippen LogP contribution in [0.2, 0.25) is 0 Å². The second-order valence-electron chi connectivity index (χ2n) is 6.96. The molecule has 0 saturated carbocycles. The average molecular weight is 450 g/mol. The molecule has 4 rings (SSSR count). The largest absolute Gasteiger partial charge is 0.497 e. The fraction of sp³-hybridized carbons (Fsp3) is 0.238. The molecule has 1 aromatic heterocycles. The van der Waals surface area contributed by atoms with Crippen LogP contribution in [0.5, 0.6) is 5.75 Å². The van der Waals surface area contributed by atoms with Gasteiger partial charge in [0.1, 0.15) is 5.75 Å². The maximum absolute atomic E-state index is 10.9. The smallest absolute Gasteiger partial charge is 0.269 e. The van der Waals surface area contributed by atoms with E-state index in [4.69, 9.17) is 9.47 Å². The standard InChI is InChI=1S/C21H22N8O4/c1-32-18-4-2-3-15(13-18)14-22-27-20-24-19(23-16-5-7-17(8-6-16)29(30)31)25-21(26-20)28-9-11-33-12-10-28/h2-8,13-14H,9-12H2,1H3,(H2,23,24,25,26,27)/b22-14-. The minimum Gasteiger partial charge on any atom is -0.497 e. The van der Waals surface area contributed by atoms with Gasteiger partial charge in [0.15, 0.2) is 0 Å². The summed E-state index contributed by atoms with van der Waals surface area (Å²) in [6, 6.07) is 13.4. The highest BCUT2D eigenvalue weighted by molar-refractivity contribution is 5.80. The molecule has 12 heteroatoms. The second-order valence-corrected chi connectivity index (χ2v) is 6.96. The summed E-state index contributed by atoms with van der Waals surface area (Å²) in [5, 5.41) is 18.2. The highest BCUT2D eigenvalue weighted by Crippen LogP contribution is 2.21. The molecular weight excluding hydrogens is 428 g/mol. The average Bonchev–Trinajstić information content (AvgIpc) is 2.85. The number of ether oxygens (including phenoxy) is 2. The van der Waals surface area contributed by atoms with Gasteiger partial charge >= 0.3 is 0 Å². The highest BCUT2D eigenvalue weighted by atomic mass is 16.6. The van der Waals surface area contributed by atoms with Crippen molar-refractivity contribution in [3.63, 3.8) is 0 Å². The van der Waals surface area contributed by atoms with Gasteiger partial charge in [-0.15, -0.1) is 0 Å². The van der Waals surface area contributed by atoms with Gasteiger partial charge in [-0.1, -0.05) is 12.1 Å². The topological polar surface area (TPSA) is 140 Å². The number of hydrogen-bond acceptors (Lipinski definition) is 11. The number of non-ortho nitro benzene ring substituents is 1. The first-order valence-corrected chi connectivity index (χ1v) is 10.1. The molecule has 1 aliphatic heterocycles. The molecule has 33 heavy (non-hydrogen) atoms. The van der Waals surface area contributed by atoms with Crippen molar-refractivity contribution in [1.82, 2.24) is 15.0 Å². The van der Waals surface area contributed by atoms with E-state index in [-0.39, 0.29) is 17.6 Å². The number of nitrogens with one attached hydrogen (secondary N) is 2. The van der Waals surface area contributed by atoms with Gasteiger partial charge in [-0.3, -0.25) is 10.1 Å². The number of aromatic nitrogens is 3. The lowest BCUT2D eigenvalue weighted by atomic mass is 10.2.